The molecule has 5 rings (SSSR count). The van der Waals surface area contributed by atoms with Crippen LogP contribution in [-0.4, -0.2) is 82.9 Å². The summed E-state index contributed by atoms with van der Waals surface area (Å²) in [6.07, 6.45) is 7.43. The van der Waals surface area contributed by atoms with Crippen LogP contribution in [0, 0.1) is 11.2 Å². The van der Waals surface area contributed by atoms with Crippen LogP contribution in [0.4, 0.5) is 14.9 Å². The molecule has 176 valence electrons. The molecule has 0 aromatic carbocycles. The normalized spacial score (nSPS) is 22.4. The summed E-state index contributed by atoms with van der Waals surface area (Å²) >= 11 is 0. The molecule has 2 aliphatic heterocycles. The second-order valence-electron chi connectivity index (χ2n) is 9.43. The van der Waals surface area contributed by atoms with Crippen molar-refractivity contribution in [3.8, 4) is 17.0 Å². The van der Waals surface area contributed by atoms with E-state index in [9.17, 15) is 14.3 Å². The van der Waals surface area contributed by atoms with Crippen molar-refractivity contribution in [2.45, 2.75) is 32.2 Å². The predicted octanol–water partition coefficient (Wildman–Crippen LogP) is 3.12. The zero-order chi connectivity index (χ0) is 23.0. The van der Waals surface area contributed by atoms with Gasteiger partial charge in [-0.25, -0.2) is 9.18 Å². The smallest absolute Gasteiger partial charge is 0.409 e. The van der Waals surface area contributed by atoms with Crippen molar-refractivity contribution in [2.24, 2.45) is 5.41 Å². The maximum absolute atomic E-state index is 14.1. The van der Waals surface area contributed by atoms with Gasteiger partial charge in [-0.05, 0) is 32.3 Å². The molecule has 4 heterocycles. The van der Waals surface area contributed by atoms with Gasteiger partial charge in [0.25, 0.3) is 0 Å². The van der Waals surface area contributed by atoms with Crippen LogP contribution in [0.2, 0.25) is 0 Å². The monoisotopic (exact) mass is 455 g/mol. The van der Waals surface area contributed by atoms with Crippen LogP contribution in [0.1, 0.15) is 26.2 Å². The summed E-state index contributed by atoms with van der Waals surface area (Å²) in [5.41, 5.74) is 2.27. The highest BCUT2D eigenvalue weighted by molar-refractivity contribution is 5.75. The van der Waals surface area contributed by atoms with Crippen LogP contribution in [-0.2, 0) is 4.74 Å². The molecule has 1 saturated carbocycles. The molecule has 1 atom stereocenters. The Morgan fingerprint density at radius 3 is 2.73 bits per heavy atom. The molecular weight excluding hydrogens is 425 g/mol. The fourth-order valence-electron chi connectivity index (χ4n) is 5.66. The van der Waals surface area contributed by atoms with Crippen LogP contribution in [0.3, 0.4) is 0 Å². The van der Waals surface area contributed by atoms with Gasteiger partial charge in [-0.2, -0.15) is 0 Å². The zero-order valence-electron chi connectivity index (χ0n) is 18.9. The summed E-state index contributed by atoms with van der Waals surface area (Å²) in [4.78, 5) is 26.8. The van der Waals surface area contributed by atoms with E-state index in [0.29, 0.717) is 23.9 Å². The fraction of sp³-hybridized carbons (Fsp3) is 0.542. The minimum atomic E-state index is -0.377. The summed E-state index contributed by atoms with van der Waals surface area (Å²) in [7, 11) is 0. The lowest BCUT2D eigenvalue weighted by atomic mass is 9.78. The summed E-state index contributed by atoms with van der Waals surface area (Å²) in [6, 6.07) is 3.64. The third kappa shape index (κ3) is 4.34. The molecule has 33 heavy (non-hydrogen) atoms. The number of amides is 1. The molecule has 1 N–H and O–H groups in total. The molecule has 8 nitrogen and oxygen atoms in total. The predicted molar refractivity (Wildman–Crippen MR) is 122 cm³/mol. The molecule has 2 aromatic heterocycles. The third-order valence-electron chi connectivity index (χ3n) is 7.26. The average molecular weight is 456 g/mol. The molecule has 2 aromatic rings. The molecule has 1 spiro atoms. The van der Waals surface area contributed by atoms with Crippen LogP contribution in [0.5, 0.6) is 5.75 Å². The first-order valence-corrected chi connectivity index (χ1v) is 11.7. The summed E-state index contributed by atoms with van der Waals surface area (Å²) in [5, 5.41) is 9.81. The Labute approximate surface area is 193 Å². The topological polar surface area (TPSA) is 82.0 Å². The van der Waals surface area contributed by atoms with E-state index in [1.807, 2.05) is 11.8 Å². The lowest BCUT2D eigenvalue weighted by Crippen LogP contribution is -2.58. The molecule has 9 heteroatoms. The molecule has 0 bridgehead atoms. The SMILES string of the molecule is CCOC(=O)N1CC2(CC[C@@H](N3CCN(c4cc(F)cnc4-c4cncc(O)c4)CC3)C2)C1. The highest BCUT2D eigenvalue weighted by Crippen LogP contribution is 2.47. The van der Waals surface area contributed by atoms with Gasteiger partial charge in [0.15, 0.2) is 0 Å². The molecular formula is C24H30FN5O3. The molecule has 1 amide bonds. The minimum Gasteiger partial charge on any atom is -0.506 e. The Hall–Kier alpha value is -2.94. The van der Waals surface area contributed by atoms with Crippen molar-refractivity contribution in [1.82, 2.24) is 19.8 Å². The van der Waals surface area contributed by atoms with E-state index in [2.05, 4.69) is 19.8 Å². The average Bonchev–Trinajstić information content (AvgIpc) is 3.24. The van der Waals surface area contributed by atoms with Crippen LogP contribution >= 0.6 is 0 Å². The van der Waals surface area contributed by atoms with E-state index in [4.69, 9.17) is 4.74 Å². The second kappa shape index (κ2) is 8.78. The fourth-order valence-corrected chi connectivity index (χ4v) is 5.66. The molecule has 1 aliphatic carbocycles. The van der Waals surface area contributed by atoms with Gasteiger partial charge in [-0.15, -0.1) is 0 Å². The van der Waals surface area contributed by atoms with Crippen molar-refractivity contribution in [2.75, 3.05) is 50.8 Å². The van der Waals surface area contributed by atoms with Crippen LogP contribution < -0.4 is 4.90 Å². The maximum atomic E-state index is 14.1. The van der Waals surface area contributed by atoms with E-state index in [-0.39, 0.29) is 23.1 Å². The standard InChI is InChI=1S/C24H30FN5O3/c1-2-33-23(32)30-15-24(16-30)4-3-19(11-24)28-5-7-29(8-6-28)21-10-18(25)13-27-22(21)17-9-20(31)14-26-12-17/h9-10,12-14,19,31H,2-8,11,15-16H2,1H3/t19-/m1/s1. The minimum absolute atomic E-state index is 0.0575. The second-order valence-corrected chi connectivity index (χ2v) is 9.43. The van der Waals surface area contributed by atoms with Gasteiger partial charge in [0.05, 0.1) is 30.4 Å². The van der Waals surface area contributed by atoms with Crippen molar-refractivity contribution >= 4 is 11.8 Å². The van der Waals surface area contributed by atoms with Gasteiger partial charge in [-0.1, -0.05) is 0 Å². The quantitative estimate of drug-likeness (QED) is 0.759. The number of hydrogen-bond donors (Lipinski definition) is 1. The molecule has 2 saturated heterocycles. The molecule has 3 fully saturated rings. The highest BCUT2D eigenvalue weighted by Gasteiger charge is 2.51. The number of ether oxygens (including phenoxy) is 1. The number of piperazine rings is 1. The Kier molecular flexibility index (Phi) is 5.82. The number of aromatic nitrogens is 2. The Morgan fingerprint density at radius 2 is 2.00 bits per heavy atom. The first kappa shape index (κ1) is 21.9. The van der Waals surface area contributed by atoms with Gasteiger partial charge < -0.3 is 19.6 Å². The summed E-state index contributed by atoms with van der Waals surface area (Å²) < 4.78 is 19.2. The van der Waals surface area contributed by atoms with Crippen molar-refractivity contribution in [3.05, 3.63) is 36.5 Å². The number of pyridine rings is 2. The number of anilines is 1. The molecule has 0 radical (unpaired) electrons. The first-order valence-electron chi connectivity index (χ1n) is 11.7. The van der Waals surface area contributed by atoms with Crippen molar-refractivity contribution in [3.63, 3.8) is 0 Å². The van der Waals surface area contributed by atoms with E-state index >= 15 is 0 Å². The number of carbonyl (C=O) groups excluding carboxylic acids is 1. The van der Waals surface area contributed by atoms with Gasteiger partial charge in [-0.3, -0.25) is 14.9 Å². The Bertz CT molecular complexity index is 1020. The van der Waals surface area contributed by atoms with E-state index in [0.717, 1.165) is 64.2 Å². The van der Waals surface area contributed by atoms with Crippen molar-refractivity contribution < 1.29 is 19.0 Å². The Morgan fingerprint density at radius 1 is 1.21 bits per heavy atom. The largest absolute Gasteiger partial charge is 0.506 e. The first-order chi connectivity index (χ1) is 16.0. The van der Waals surface area contributed by atoms with Crippen LogP contribution in [0.25, 0.3) is 11.3 Å². The number of nitrogens with zero attached hydrogens (tertiary/aromatic N) is 5. The van der Waals surface area contributed by atoms with Crippen LogP contribution in [0.15, 0.2) is 30.7 Å². The van der Waals surface area contributed by atoms with Gasteiger partial charge in [0, 0.05) is 68.6 Å². The number of carbonyl (C=O) groups is 1. The van der Waals surface area contributed by atoms with Gasteiger partial charge in [0.2, 0.25) is 0 Å². The van der Waals surface area contributed by atoms with Crippen molar-refractivity contribution in [1.29, 1.82) is 0 Å². The number of hydrogen-bond acceptors (Lipinski definition) is 7. The van der Waals surface area contributed by atoms with Gasteiger partial charge in [0.1, 0.15) is 11.6 Å². The van der Waals surface area contributed by atoms with E-state index in [1.54, 1.807) is 12.3 Å². The van der Waals surface area contributed by atoms with E-state index < -0.39 is 0 Å². The van der Waals surface area contributed by atoms with E-state index in [1.165, 1.54) is 18.5 Å². The number of aromatic hydroxyl groups is 1. The number of likely N-dealkylation sites (tertiary alicyclic amines) is 1. The number of halogens is 1. The molecule has 0 unspecified atom stereocenters. The molecule has 3 aliphatic rings. The maximum Gasteiger partial charge on any atom is 0.409 e. The summed E-state index contributed by atoms with van der Waals surface area (Å²) in [6.45, 7) is 7.22. The third-order valence-corrected chi connectivity index (χ3v) is 7.26. The van der Waals surface area contributed by atoms with Gasteiger partial charge >= 0.3 is 6.09 Å². The highest BCUT2D eigenvalue weighted by atomic mass is 19.1. The lowest BCUT2D eigenvalue weighted by molar-refractivity contribution is -0.00294. The summed E-state index contributed by atoms with van der Waals surface area (Å²) in [5.74, 6) is -0.319. The zero-order valence-corrected chi connectivity index (χ0v) is 18.9. The number of rotatable bonds is 4. The lowest BCUT2D eigenvalue weighted by Gasteiger charge is -2.48. The Balaban J connectivity index is 1.21.